The SMILES string of the molecule is NC1CCCC2(CCCC2)C1. The Morgan fingerprint density at radius 2 is 1.64 bits per heavy atom. The fraction of sp³-hybridized carbons (Fsp3) is 1.00. The van der Waals surface area contributed by atoms with Crippen LogP contribution in [-0.2, 0) is 0 Å². The highest BCUT2D eigenvalue weighted by molar-refractivity contribution is 4.91. The molecule has 1 spiro atoms. The lowest BCUT2D eigenvalue weighted by Crippen LogP contribution is -2.34. The Kier molecular flexibility index (Phi) is 1.92. The molecule has 1 atom stereocenters. The first-order chi connectivity index (χ1) is 5.31. The summed E-state index contributed by atoms with van der Waals surface area (Å²) >= 11 is 0. The summed E-state index contributed by atoms with van der Waals surface area (Å²) in [6, 6.07) is 0.529. The summed E-state index contributed by atoms with van der Waals surface area (Å²) in [5, 5.41) is 0. The van der Waals surface area contributed by atoms with Gasteiger partial charge in [-0.05, 0) is 37.5 Å². The molecule has 1 heteroatoms. The van der Waals surface area contributed by atoms with E-state index in [0.717, 1.165) is 5.41 Å². The molecule has 1 nitrogen and oxygen atoms in total. The van der Waals surface area contributed by atoms with Crippen LogP contribution in [0.4, 0.5) is 0 Å². The summed E-state index contributed by atoms with van der Waals surface area (Å²) in [5.41, 5.74) is 6.71. The monoisotopic (exact) mass is 153 g/mol. The van der Waals surface area contributed by atoms with Crippen molar-refractivity contribution >= 4 is 0 Å². The van der Waals surface area contributed by atoms with Crippen LogP contribution in [0, 0.1) is 5.41 Å². The molecule has 2 rings (SSSR count). The van der Waals surface area contributed by atoms with Gasteiger partial charge in [0.15, 0.2) is 0 Å². The molecule has 2 N–H and O–H groups in total. The fourth-order valence-electron chi connectivity index (χ4n) is 3.08. The Bertz CT molecular complexity index is 136. The molecule has 0 aromatic carbocycles. The third kappa shape index (κ3) is 1.44. The van der Waals surface area contributed by atoms with Gasteiger partial charge in [-0.15, -0.1) is 0 Å². The van der Waals surface area contributed by atoms with E-state index in [9.17, 15) is 0 Å². The summed E-state index contributed by atoms with van der Waals surface area (Å²) in [6.45, 7) is 0. The second kappa shape index (κ2) is 2.78. The lowest BCUT2D eigenvalue weighted by atomic mass is 9.71. The third-order valence-corrected chi connectivity index (χ3v) is 3.64. The van der Waals surface area contributed by atoms with E-state index in [2.05, 4.69) is 0 Å². The van der Waals surface area contributed by atoms with Gasteiger partial charge >= 0.3 is 0 Å². The topological polar surface area (TPSA) is 26.0 Å². The van der Waals surface area contributed by atoms with Crippen molar-refractivity contribution in [1.29, 1.82) is 0 Å². The van der Waals surface area contributed by atoms with Gasteiger partial charge < -0.3 is 5.73 Å². The normalized spacial score (nSPS) is 36.3. The van der Waals surface area contributed by atoms with E-state index in [-0.39, 0.29) is 0 Å². The standard InChI is InChI=1S/C10H19N/c11-9-4-3-7-10(8-9)5-1-2-6-10/h9H,1-8,11H2. The molecule has 11 heavy (non-hydrogen) atoms. The summed E-state index contributed by atoms with van der Waals surface area (Å²) in [7, 11) is 0. The average Bonchev–Trinajstić information content (AvgIpc) is 2.37. The van der Waals surface area contributed by atoms with Crippen molar-refractivity contribution in [3.05, 3.63) is 0 Å². The van der Waals surface area contributed by atoms with E-state index >= 15 is 0 Å². The van der Waals surface area contributed by atoms with Crippen LogP contribution in [0.1, 0.15) is 51.4 Å². The van der Waals surface area contributed by atoms with Gasteiger partial charge in [-0.25, -0.2) is 0 Å². The van der Waals surface area contributed by atoms with E-state index in [1.54, 1.807) is 0 Å². The Morgan fingerprint density at radius 1 is 1.00 bits per heavy atom. The highest BCUT2D eigenvalue weighted by Gasteiger charge is 2.37. The van der Waals surface area contributed by atoms with Gasteiger partial charge in [0.1, 0.15) is 0 Å². The van der Waals surface area contributed by atoms with Crippen molar-refractivity contribution in [2.75, 3.05) is 0 Å². The molecule has 1 unspecified atom stereocenters. The summed E-state index contributed by atoms with van der Waals surface area (Å²) in [6.07, 6.45) is 11.3. The van der Waals surface area contributed by atoms with Crippen LogP contribution in [0.25, 0.3) is 0 Å². The van der Waals surface area contributed by atoms with Crippen LogP contribution >= 0.6 is 0 Å². The minimum atomic E-state index is 0.529. The van der Waals surface area contributed by atoms with Gasteiger partial charge in [0.25, 0.3) is 0 Å². The highest BCUT2D eigenvalue weighted by Crippen LogP contribution is 2.48. The zero-order valence-corrected chi connectivity index (χ0v) is 7.31. The molecule has 0 heterocycles. The number of nitrogens with two attached hydrogens (primary N) is 1. The van der Waals surface area contributed by atoms with Gasteiger partial charge in [-0.3, -0.25) is 0 Å². The Morgan fingerprint density at radius 3 is 2.27 bits per heavy atom. The van der Waals surface area contributed by atoms with Gasteiger partial charge in [0, 0.05) is 6.04 Å². The zero-order valence-electron chi connectivity index (χ0n) is 7.31. The fourth-order valence-corrected chi connectivity index (χ4v) is 3.08. The summed E-state index contributed by atoms with van der Waals surface area (Å²) in [4.78, 5) is 0. The molecule has 0 saturated heterocycles. The Labute approximate surface area is 69.4 Å². The lowest BCUT2D eigenvalue weighted by Gasteiger charge is -2.36. The van der Waals surface area contributed by atoms with E-state index in [0.29, 0.717) is 6.04 Å². The Balaban J connectivity index is 2.00. The zero-order chi connectivity index (χ0) is 7.73. The van der Waals surface area contributed by atoms with Crippen LogP contribution in [0.3, 0.4) is 0 Å². The maximum Gasteiger partial charge on any atom is 0.00441 e. The molecule has 64 valence electrons. The predicted octanol–water partition coefficient (Wildman–Crippen LogP) is 2.45. The van der Waals surface area contributed by atoms with Gasteiger partial charge in [-0.1, -0.05) is 19.3 Å². The maximum absolute atomic E-state index is 5.99. The Hall–Kier alpha value is -0.0400. The van der Waals surface area contributed by atoms with Gasteiger partial charge in [-0.2, -0.15) is 0 Å². The average molecular weight is 153 g/mol. The lowest BCUT2D eigenvalue weighted by molar-refractivity contribution is 0.178. The first-order valence-corrected chi connectivity index (χ1v) is 5.06. The van der Waals surface area contributed by atoms with Gasteiger partial charge in [0.2, 0.25) is 0 Å². The second-order valence-electron chi connectivity index (χ2n) is 4.56. The van der Waals surface area contributed by atoms with Crippen LogP contribution in [0.5, 0.6) is 0 Å². The van der Waals surface area contributed by atoms with Crippen molar-refractivity contribution in [1.82, 2.24) is 0 Å². The number of hydrogen-bond acceptors (Lipinski definition) is 1. The van der Waals surface area contributed by atoms with E-state index < -0.39 is 0 Å². The van der Waals surface area contributed by atoms with Crippen LogP contribution < -0.4 is 5.73 Å². The van der Waals surface area contributed by atoms with Crippen LogP contribution in [0.15, 0.2) is 0 Å². The molecule has 2 aliphatic carbocycles. The third-order valence-electron chi connectivity index (χ3n) is 3.64. The second-order valence-corrected chi connectivity index (χ2v) is 4.56. The van der Waals surface area contributed by atoms with Gasteiger partial charge in [0.05, 0.1) is 0 Å². The quantitative estimate of drug-likeness (QED) is 0.568. The molecule has 0 aliphatic heterocycles. The molecule has 0 bridgehead atoms. The van der Waals surface area contributed by atoms with E-state index in [1.807, 2.05) is 0 Å². The van der Waals surface area contributed by atoms with E-state index in [4.69, 9.17) is 5.73 Å². The minimum absolute atomic E-state index is 0.529. The van der Waals surface area contributed by atoms with Crippen molar-refractivity contribution < 1.29 is 0 Å². The number of hydrogen-bond donors (Lipinski definition) is 1. The molecule has 0 radical (unpaired) electrons. The molecular formula is C10H19N. The van der Waals surface area contributed by atoms with Crippen LogP contribution in [0.2, 0.25) is 0 Å². The van der Waals surface area contributed by atoms with Crippen molar-refractivity contribution in [3.8, 4) is 0 Å². The van der Waals surface area contributed by atoms with Crippen LogP contribution in [-0.4, -0.2) is 6.04 Å². The predicted molar refractivity (Wildman–Crippen MR) is 47.3 cm³/mol. The first kappa shape index (κ1) is 7.60. The molecule has 0 aromatic rings. The molecule has 0 amide bonds. The molecular weight excluding hydrogens is 134 g/mol. The molecule has 2 aliphatic rings. The van der Waals surface area contributed by atoms with Crippen molar-refractivity contribution in [2.24, 2.45) is 11.1 Å². The van der Waals surface area contributed by atoms with E-state index in [1.165, 1.54) is 51.4 Å². The molecule has 2 saturated carbocycles. The minimum Gasteiger partial charge on any atom is -0.328 e. The highest BCUT2D eigenvalue weighted by atomic mass is 14.7. The molecule has 2 fully saturated rings. The van der Waals surface area contributed by atoms with Crippen molar-refractivity contribution in [3.63, 3.8) is 0 Å². The summed E-state index contributed by atoms with van der Waals surface area (Å²) < 4.78 is 0. The largest absolute Gasteiger partial charge is 0.328 e. The molecule has 0 aromatic heterocycles. The first-order valence-electron chi connectivity index (χ1n) is 5.06. The maximum atomic E-state index is 5.99. The summed E-state index contributed by atoms with van der Waals surface area (Å²) in [5.74, 6) is 0. The number of rotatable bonds is 0. The smallest absolute Gasteiger partial charge is 0.00441 e. The van der Waals surface area contributed by atoms with Crippen molar-refractivity contribution in [2.45, 2.75) is 57.4 Å².